The largest absolute Gasteiger partial charge is 0.479 e. The predicted molar refractivity (Wildman–Crippen MR) is 69.7 cm³/mol. The molecule has 21 heavy (non-hydrogen) atoms. The predicted octanol–water partition coefficient (Wildman–Crippen LogP) is -0.772. The van der Waals surface area contributed by atoms with Crippen molar-refractivity contribution in [1.29, 1.82) is 0 Å². The van der Waals surface area contributed by atoms with E-state index in [2.05, 4.69) is 20.8 Å². The van der Waals surface area contributed by atoms with Crippen molar-refractivity contribution >= 4 is 11.9 Å². The summed E-state index contributed by atoms with van der Waals surface area (Å²) in [5.41, 5.74) is -1.15. The van der Waals surface area contributed by atoms with E-state index < -0.39 is 24.0 Å². The van der Waals surface area contributed by atoms with E-state index >= 15 is 0 Å². The Balaban J connectivity index is 2.10. The number of aromatic nitrogens is 4. The van der Waals surface area contributed by atoms with Gasteiger partial charge in [-0.05, 0) is 35.5 Å². The molecule has 2 rings (SSSR count). The quantitative estimate of drug-likeness (QED) is 0.659. The highest BCUT2D eigenvalue weighted by atomic mass is 16.4. The molecule has 1 heterocycles. The third-order valence-electron chi connectivity index (χ3n) is 2.78. The maximum atomic E-state index is 12.0. The lowest BCUT2D eigenvalue weighted by atomic mass is 10.1. The molecule has 1 amide bonds. The summed E-state index contributed by atoms with van der Waals surface area (Å²) < 4.78 is 1.38. The maximum absolute atomic E-state index is 12.0. The minimum Gasteiger partial charge on any atom is -0.479 e. The number of carbonyl (C=O) groups is 2. The van der Waals surface area contributed by atoms with Crippen LogP contribution >= 0.6 is 0 Å². The number of nitrogens with zero attached hydrogens (tertiary/aromatic N) is 4. The molecule has 0 spiro atoms. The fraction of sp³-hybridized carbons (Fsp3) is 0.250. The van der Waals surface area contributed by atoms with E-state index in [0.717, 1.165) is 6.92 Å². The van der Waals surface area contributed by atoms with E-state index in [0.29, 0.717) is 11.3 Å². The molecule has 0 radical (unpaired) electrons. The van der Waals surface area contributed by atoms with Crippen LogP contribution in [0.4, 0.5) is 0 Å². The zero-order valence-corrected chi connectivity index (χ0v) is 11.1. The van der Waals surface area contributed by atoms with Crippen molar-refractivity contribution < 1.29 is 19.8 Å². The highest BCUT2D eigenvalue weighted by Crippen LogP contribution is 2.09. The first-order valence-corrected chi connectivity index (χ1v) is 5.97. The normalized spacial score (nSPS) is 13.4. The molecule has 0 aliphatic rings. The van der Waals surface area contributed by atoms with Crippen LogP contribution in [0.15, 0.2) is 30.6 Å². The Kier molecular flexibility index (Phi) is 3.94. The summed E-state index contributed by atoms with van der Waals surface area (Å²) in [7, 11) is 0. The van der Waals surface area contributed by atoms with Crippen molar-refractivity contribution in [3.05, 3.63) is 36.2 Å². The molecule has 0 saturated carbocycles. The summed E-state index contributed by atoms with van der Waals surface area (Å²) in [5, 5.41) is 31.4. The van der Waals surface area contributed by atoms with Crippen LogP contribution in [-0.2, 0) is 4.79 Å². The van der Waals surface area contributed by atoms with Crippen molar-refractivity contribution in [3.63, 3.8) is 0 Å². The van der Waals surface area contributed by atoms with Gasteiger partial charge in [-0.3, -0.25) is 4.79 Å². The van der Waals surface area contributed by atoms with Gasteiger partial charge < -0.3 is 15.5 Å². The number of benzene rings is 1. The van der Waals surface area contributed by atoms with Crippen LogP contribution in [0, 0.1) is 0 Å². The average molecular weight is 291 g/mol. The average Bonchev–Trinajstić information content (AvgIpc) is 2.99. The molecule has 9 nitrogen and oxygen atoms in total. The van der Waals surface area contributed by atoms with Gasteiger partial charge in [0, 0.05) is 5.56 Å². The van der Waals surface area contributed by atoms with Gasteiger partial charge in [0.15, 0.2) is 5.60 Å². The molecule has 2 aromatic rings. The number of hydrogen-bond donors (Lipinski definition) is 3. The van der Waals surface area contributed by atoms with Gasteiger partial charge in [0.05, 0.1) is 12.2 Å². The van der Waals surface area contributed by atoms with E-state index in [-0.39, 0.29) is 0 Å². The molecule has 0 aliphatic heterocycles. The number of aliphatic carboxylic acids is 1. The number of carboxylic acid groups (broad SMARTS) is 1. The molecular weight excluding hydrogens is 278 g/mol. The van der Waals surface area contributed by atoms with Crippen molar-refractivity contribution in [3.8, 4) is 5.69 Å². The molecule has 3 N–H and O–H groups in total. The summed E-state index contributed by atoms with van der Waals surface area (Å²) in [6, 6.07) is 6.45. The number of amides is 1. The first-order chi connectivity index (χ1) is 9.90. The molecule has 1 aromatic heterocycles. The number of aliphatic hydroxyl groups is 1. The standard InChI is InChI=1S/C12H13N5O4/c1-12(21,11(19)20)6-13-10(18)8-3-2-4-9(5-8)17-7-14-15-16-17/h2-5,7,21H,6H2,1H3,(H,13,18)(H,19,20). The summed E-state index contributed by atoms with van der Waals surface area (Å²) in [6.45, 7) is 0.698. The van der Waals surface area contributed by atoms with Crippen LogP contribution in [0.2, 0.25) is 0 Å². The van der Waals surface area contributed by atoms with Crippen LogP contribution in [0.3, 0.4) is 0 Å². The maximum Gasteiger partial charge on any atom is 0.337 e. The van der Waals surface area contributed by atoms with Gasteiger partial charge in [-0.2, -0.15) is 0 Å². The van der Waals surface area contributed by atoms with Crippen LogP contribution in [0.5, 0.6) is 0 Å². The number of rotatable bonds is 5. The number of hydrogen-bond acceptors (Lipinski definition) is 6. The number of carboxylic acids is 1. The van der Waals surface area contributed by atoms with Gasteiger partial charge in [0.25, 0.3) is 5.91 Å². The third kappa shape index (κ3) is 3.39. The molecule has 1 atom stereocenters. The second kappa shape index (κ2) is 5.67. The molecule has 1 unspecified atom stereocenters. The minimum atomic E-state index is -2.02. The first-order valence-electron chi connectivity index (χ1n) is 5.97. The smallest absolute Gasteiger partial charge is 0.337 e. The van der Waals surface area contributed by atoms with Crippen molar-refractivity contribution in [2.24, 2.45) is 0 Å². The SMILES string of the molecule is CC(O)(CNC(=O)c1cccc(-n2cnnn2)c1)C(=O)O. The zero-order chi connectivity index (χ0) is 15.5. The lowest BCUT2D eigenvalue weighted by Crippen LogP contribution is -2.46. The van der Waals surface area contributed by atoms with E-state index in [1.165, 1.54) is 11.0 Å². The number of carbonyl (C=O) groups excluding carboxylic acids is 1. The fourth-order valence-electron chi connectivity index (χ4n) is 1.50. The fourth-order valence-corrected chi connectivity index (χ4v) is 1.50. The van der Waals surface area contributed by atoms with Crippen LogP contribution in [0.25, 0.3) is 5.69 Å². The van der Waals surface area contributed by atoms with Gasteiger partial charge in [0.2, 0.25) is 0 Å². The van der Waals surface area contributed by atoms with Gasteiger partial charge in [-0.25, -0.2) is 9.48 Å². The third-order valence-corrected chi connectivity index (χ3v) is 2.78. The van der Waals surface area contributed by atoms with Gasteiger partial charge >= 0.3 is 5.97 Å². The highest BCUT2D eigenvalue weighted by Gasteiger charge is 2.30. The summed E-state index contributed by atoms with van der Waals surface area (Å²) >= 11 is 0. The van der Waals surface area contributed by atoms with Crippen molar-refractivity contribution in [2.45, 2.75) is 12.5 Å². The summed E-state index contributed by atoms with van der Waals surface area (Å²) in [5.74, 6) is -1.92. The summed E-state index contributed by atoms with van der Waals surface area (Å²) in [6.07, 6.45) is 1.38. The number of nitrogens with one attached hydrogen (secondary N) is 1. The van der Waals surface area contributed by atoms with E-state index in [4.69, 9.17) is 5.11 Å². The Labute approximate surface area is 119 Å². The van der Waals surface area contributed by atoms with Gasteiger partial charge in [-0.15, -0.1) is 5.10 Å². The Morgan fingerprint density at radius 2 is 2.19 bits per heavy atom. The van der Waals surface area contributed by atoms with Crippen LogP contribution < -0.4 is 5.32 Å². The van der Waals surface area contributed by atoms with E-state index in [9.17, 15) is 14.7 Å². The molecule has 0 saturated heterocycles. The monoisotopic (exact) mass is 291 g/mol. The molecule has 0 bridgehead atoms. The molecule has 0 fully saturated rings. The summed E-state index contributed by atoms with van der Waals surface area (Å²) in [4.78, 5) is 22.7. The molecular formula is C12H13N5O4. The van der Waals surface area contributed by atoms with Gasteiger partial charge in [0.1, 0.15) is 6.33 Å². The Morgan fingerprint density at radius 1 is 1.43 bits per heavy atom. The zero-order valence-electron chi connectivity index (χ0n) is 11.1. The van der Waals surface area contributed by atoms with Crippen molar-refractivity contribution in [2.75, 3.05) is 6.54 Å². The lowest BCUT2D eigenvalue weighted by molar-refractivity contribution is -0.155. The van der Waals surface area contributed by atoms with E-state index in [1.807, 2.05) is 0 Å². The number of tetrazole rings is 1. The Morgan fingerprint density at radius 3 is 2.81 bits per heavy atom. The van der Waals surface area contributed by atoms with Crippen LogP contribution in [-0.4, -0.2) is 54.4 Å². The Hall–Kier alpha value is -2.81. The highest BCUT2D eigenvalue weighted by molar-refractivity contribution is 5.95. The van der Waals surface area contributed by atoms with Gasteiger partial charge in [-0.1, -0.05) is 6.07 Å². The minimum absolute atomic E-state index is 0.296. The molecule has 9 heteroatoms. The first kappa shape index (κ1) is 14.6. The Bertz CT molecular complexity index is 653. The second-order valence-electron chi connectivity index (χ2n) is 4.57. The molecule has 1 aromatic carbocycles. The molecule has 110 valence electrons. The van der Waals surface area contributed by atoms with Crippen molar-refractivity contribution in [1.82, 2.24) is 25.5 Å². The van der Waals surface area contributed by atoms with Crippen LogP contribution in [0.1, 0.15) is 17.3 Å². The lowest BCUT2D eigenvalue weighted by Gasteiger charge is -2.18. The molecule has 0 aliphatic carbocycles. The van der Waals surface area contributed by atoms with E-state index in [1.54, 1.807) is 24.3 Å². The second-order valence-corrected chi connectivity index (χ2v) is 4.57. The topological polar surface area (TPSA) is 130 Å².